The van der Waals surface area contributed by atoms with Gasteiger partial charge in [0.1, 0.15) is 0 Å². The fourth-order valence-corrected chi connectivity index (χ4v) is 2.71. The standard InChI is InChI=1S/C22H22/c1-17-7-4-8-19(15-17)21-10-5-9-20(16-21)18-11-6-13-22(2,3)14-12-18/h4-16H,1-3H3. The van der Waals surface area contributed by atoms with E-state index < -0.39 is 0 Å². The van der Waals surface area contributed by atoms with Gasteiger partial charge in [0, 0.05) is 5.41 Å². The molecule has 3 rings (SSSR count). The fraction of sp³-hybridized carbons (Fsp3) is 0.182. The molecular weight excluding hydrogens is 264 g/mol. The molecule has 0 radical (unpaired) electrons. The normalized spacial score (nSPS) is 16.2. The number of allylic oxidation sites excluding steroid dienone is 6. The maximum absolute atomic E-state index is 2.27. The lowest BCUT2D eigenvalue weighted by Gasteiger charge is -2.12. The summed E-state index contributed by atoms with van der Waals surface area (Å²) in [5.41, 5.74) is 6.47. The number of hydrogen-bond acceptors (Lipinski definition) is 0. The minimum atomic E-state index is 0.117. The van der Waals surface area contributed by atoms with Gasteiger partial charge < -0.3 is 0 Å². The third-order valence-electron chi connectivity index (χ3n) is 4.04. The molecule has 0 spiro atoms. The summed E-state index contributed by atoms with van der Waals surface area (Å²) in [6.45, 7) is 6.58. The van der Waals surface area contributed by atoms with Crippen LogP contribution in [0.1, 0.15) is 25.0 Å². The van der Waals surface area contributed by atoms with Gasteiger partial charge in [-0.1, -0.05) is 92.3 Å². The van der Waals surface area contributed by atoms with Crippen LogP contribution in [0.5, 0.6) is 0 Å². The van der Waals surface area contributed by atoms with E-state index >= 15 is 0 Å². The second-order valence-electron chi connectivity index (χ2n) is 6.59. The molecule has 0 saturated heterocycles. The molecule has 2 aromatic carbocycles. The van der Waals surface area contributed by atoms with E-state index in [-0.39, 0.29) is 5.41 Å². The van der Waals surface area contributed by atoms with E-state index in [1.165, 1.54) is 27.8 Å². The van der Waals surface area contributed by atoms with Crippen molar-refractivity contribution in [2.24, 2.45) is 5.41 Å². The highest BCUT2D eigenvalue weighted by Crippen LogP contribution is 2.29. The predicted molar refractivity (Wildman–Crippen MR) is 96.7 cm³/mol. The molecule has 1 aliphatic rings. The molecule has 0 saturated carbocycles. The minimum Gasteiger partial charge on any atom is -0.0751 e. The molecule has 0 nitrogen and oxygen atoms in total. The number of benzene rings is 2. The van der Waals surface area contributed by atoms with Gasteiger partial charge in [0.15, 0.2) is 0 Å². The molecule has 1 aliphatic carbocycles. The van der Waals surface area contributed by atoms with E-state index in [1.54, 1.807) is 0 Å². The van der Waals surface area contributed by atoms with Crippen molar-refractivity contribution in [3.8, 4) is 11.1 Å². The van der Waals surface area contributed by atoms with Gasteiger partial charge in [-0.25, -0.2) is 0 Å². The van der Waals surface area contributed by atoms with Crippen LogP contribution < -0.4 is 0 Å². The average molecular weight is 286 g/mol. The third kappa shape index (κ3) is 3.28. The Morgan fingerprint density at radius 3 is 2.23 bits per heavy atom. The Balaban J connectivity index is 1.99. The van der Waals surface area contributed by atoms with Crippen LogP contribution in [0.3, 0.4) is 0 Å². The van der Waals surface area contributed by atoms with Crippen molar-refractivity contribution in [1.29, 1.82) is 0 Å². The highest BCUT2D eigenvalue weighted by Gasteiger charge is 2.11. The second kappa shape index (κ2) is 5.81. The molecular formula is C22H22. The first-order valence-electron chi connectivity index (χ1n) is 7.80. The molecule has 0 aromatic heterocycles. The second-order valence-corrected chi connectivity index (χ2v) is 6.59. The van der Waals surface area contributed by atoms with Crippen LogP contribution in [0.2, 0.25) is 0 Å². The molecule has 0 unspecified atom stereocenters. The van der Waals surface area contributed by atoms with Gasteiger partial charge in [-0.05, 0) is 35.3 Å². The first-order chi connectivity index (χ1) is 10.5. The highest BCUT2D eigenvalue weighted by atomic mass is 14.2. The van der Waals surface area contributed by atoms with Crippen LogP contribution in [-0.4, -0.2) is 0 Å². The SMILES string of the molecule is Cc1cccc(-c2cccc(C3=CC=CC(C)(C)C=C3)c2)c1. The summed E-state index contributed by atoms with van der Waals surface area (Å²) in [6, 6.07) is 17.4. The van der Waals surface area contributed by atoms with Crippen molar-refractivity contribution in [3.63, 3.8) is 0 Å². The Labute approximate surface area is 133 Å². The van der Waals surface area contributed by atoms with Crippen LogP contribution in [0.4, 0.5) is 0 Å². The molecule has 110 valence electrons. The van der Waals surface area contributed by atoms with Gasteiger partial charge in [-0.3, -0.25) is 0 Å². The molecule has 0 fully saturated rings. The lowest BCUT2D eigenvalue weighted by molar-refractivity contribution is 0.627. The maximum Gasteiger partial charge on any atom is 0.00109 e. The summed E-state index contributed by atoms with van der Waals surface area (Å²) in [5.74, 6) is 0. The van der Waals surface area contributed by atoms with Crippen molar-refractivity contribution >= 4 is 5.57 Å². The Morgan fingerprint density at radius 2 is 1.45 bits per heavy atom. The summed E-state index contributed by atoms with van der Waals surface area (Å²) < 4.78 is 0. The van der Waals surface area contributed by atoms with Gasteiger partial charge in [-0.2, -0.15) is 0 Å². The number of hydrogen-bond donors (Lipinski definition) is 0. The molecule has 0 amide bonds. The summed E-state index contributed by atoms with van der Waals surface area (Å²) in [7, 11) is 0. The van der Waals surface area contributed by atoms with E-state index in [1.807, 2.05) is 0 Å². The van der Waals surface area contributed by atoms with E-state index in [0.717, 1.165) is 0 Å². The van der Waals surface area contributed by atoms with Crippen LogP contribution in [0.25, 0.3) is 16.7 Å². The number of rotatable bonds is 2. The van der Waals surface area contributed by atoms with Crippen molar-refractivity contribution in [2.45, 2.75) is 20.8 Å². The number of aryl methyl sites for hydroxylation is 1. The monoisotopic (exact) mass is 286 g/mol. The maximum atomic E-state index is 2.27. The van der Waals surface area contributed by atoms with Crippen LogP contribution in [-0.2, 0) is 0 Å². The molecule has 22 heavy (non-hydrogen) atoms. The molecule has 0 heterocycles. The predicted octanol–water partition coefficient (Wildman–Crippen LogP) is 6.20. The largest absolute Gasteiger partial charge is 0.0751 e. The third-order valence-corrected chi connectivity index (χ3v) is 4.04. The average Bonchev–Trinajstić information content (AvgIpc) is 2.68. The highest BCUT2D eigenvalue weighted by molar-refractivity contribution is 5.79. The Kier molecular flexibility index (Phi) is 3.85. The Hall–Kier alpha value is -2.34. The zero-order valence-corrected chi connectivity index (χ0v) is 13.5. The van der Waals surface area contributed by atoms with Crippen molar-refractivity contribution in [3.05, 3.63) is 90.0 Å². The summed E-state index contributed by atoms with van der Waals surface area (Å²) >= 11 is 0. The summed E-state index contributed by atoms with van der Waals surface area (Å²) in [5, 5.41) is 0. The van der Waals surface area contributed by atoms with Gasteiger partial charge in [0.25, 0.3) is 0 Å². The van der Waals surface area contributed by atoms with Crippen molar-refractivity contribution in [2.75, 3.05) is 0 Å². The molecule has 0 heteroatoms. The molecule has 0 aliphatic heterocycles. The quantitative estimate of drug-likeness (QED) is 0.616. The van der Waals surface area contributed by atoms with E-state index in [0.29, 0.717) is 0 Å². The van der Waals surface area contributed by atoms with Gasteiger partial charge in [0.2, 0.25) is 0 Å². The van der Waals surface area contributed by atoms with Crippen LogP contribution in [0.15, 0.2) is 78.9 Å². The van der Waals surface area contributed by atoms with Crippen molar-refractivity contribution < 1.29 is 0 Å². The molecule has 0 atom stereocenters. The lowest BCUT2D eigenvalue weighted by atomic mass is 9.92. The topological polar surface area (TPSA) is 0 Å². The van der Waals surface area contributed by atoms with Gasteiger partial charge >= 0.3 is 0 Å². The first-order valence-corrected chi connectivity index (χ1v) is 7.80. The zero-order chi connectivity index (χ0) is 15.6. The molecule has 0 bridgehead atoms. The zero-order valence-electron chi connectivity index (χ0n) is 13.5. The van der Waals surface area contributed by atoms with Gasteiger partial charge in [0.05, 0.1) is 0 Å². The van der Waals surface area contributed by atoms with E-state index in [4.69, 9.17) is 0 Å². The van der Waals surface area contributed by atoms with Crippen LogP contribution in [0, 0.1) is 12.3 Å². The molecule has 0 N–H and O–H groups in total. The van der Waals surface area contributed by atoms with Gasteiger partial charge in [-0.15, -0.1) is 0 Å². The summed E-state index contributed by atoms with van der Waals surface area (Å²) in [6.07, 6.45) is 11.1. The Morgan fingerprint density at radius 1 is 0.773 bits per heavy atom. The fourth-order valence-electron chi connectivity index (χ4n) is 2.71. The minimum absolute atomic E-state index is 0.117. The van der Waals surface area contributed by atoms with E-state index in [2.05, 4.69) is 99.7 Å². The Bertz CT molecular complexity index is 770. The van der Waals surface area contributed by atoms with E-state index in [9.17, 15) is 0 Å². The van der Waals surface area contributed by atoms with Crippen molar-refractivity contribution in [1.82, 2.24) is 0 Å². The summed E-state index contributed by atoms with van der Waals surface area (Å²) in [4.78, 5) is 0. The molecule has 2 aromatic rings. The van der Waals surface area contributed by atoms with Crippen LogP contribution >= 0.6 is 0 Å². The smallest absolute Gasteiger partial charge is 0.00109 e. The first kappa shape index (κ1) is 14.6. The lowest BCUT2D eigenvalue weighted by Crippen LogP contribution is -2.00.